The quantitative estimate of drug-likeness (QED) is 0.946. The zero-order valence-corrected chi connectivity index (χ0v) is 13.4. The van der Waals surface area contributed by atoms with Crippen LogP contribution in [0.1, 0.15) is 18.4 Å². The van der Waals surface area contributed by atoms with E-state index in [0.29, 0.717) is 0 Å². The van der Waals surface area contributed by atoms with Crippen LogP contribution in [0, 0.1) is 0 Å². The fraction of sp³-hybridized carbons (Fsp3) is 0.294. The van der Waals surface area contributed by atoms with Gasteiger partial charge in [-0.3, -0.25) is 9.79 Å². The highest BCUT2D eigenvalue weighted by atomic mass is 32.2. The third kappa shape index (κ3) is 3.09. The molecule has 0 saturated heterocycles. The van der Waals surface area contributed by atoms with E-state index in [4.69, 9.17) is 4.74 Å². The maximum absolute atomic E-state index is 12.3. The normalized spacial score (nSPS) is 15.5. The van der Waals surface area contributed by atoms with Gasteiger partial charge >= 0.3 is 0 Å². The Balaban J connectivity index is 1.81. The van der Waals surface area contributed by atoms with Gasteiger partial charge in [0.05, 0.1) is 19.6 Å². The maximum atomic E-state index is 12.3. The van der Waals surface area contributed by atoms with Crippen LogP contribution in [-0.2, 0) is 4.79 Å². The van der Waals surface area contributed by atoms with Gasteiger partial charge < -0.3 is 10.1 Å². The number of aliphatic imine (C=N–C) groups is 1. The Morgan fingerprint density at radius 2 is 2.05 bits per heavy atom. The van der Waals surface area contributed by atoms with Crippen LogP contribution in [0.4, 0.5) is 0 Å². The zero-order valence-electron chi connectivity index (χ0n) is 12.6. The van der Waals surface area contributed by atoms with Crippen LogP contribution in [-0.4, -0.2) is 30.5 Å². The van der Waals surface area contributed by atoms with Crippen molar-refractivity contribution in [2.75, 3.05) is 19.4 Å². The molecule has 114 valence electrons. The molecule has 0 bridgehead atoms. The van der Waals surface area contributed by atoms with E-state index in [9.17, 15) is 4.79 Å². The predicted molar refractivity (Wildman–Crippen MR) is 91.8 cm³/mol. The second kappa shape index (κ2) is 6.40. The van der Waals surface area contributed by atoms with Crippen LogP contribution in [0.2, 0.25) is 0 Å². The summed E-state index contributed by atoms with van der Waals surface area (Å²) < 4.78 is 5.23. The van der Waals surface area contributed by atoms with Gasteiger partial charge in [-0.15, -0.1) is 0 Å². The summed E-state index contributed by atoms with van der Waals surface area (Å²) in [6.45, 7) is 2.70. The number of carbonyl (C=O) groups excluding carboxylic acids is 1. The molecule has 0 unspecified atom stereocenters. The van der Waals surface area contributed by atoms with E-state index < -0.39 is 0 Å². The first kappa shape index (κ1) is 14.9. The number of hydrogen-bond acceptors (Lipinski definition) is 4. The number of fused-ring (bicyclic) bond motifs is 1. The molecule has 1 atom stereocenters. The van der Waals surface area contributed by atoms with E-state index in [0.717, 1.165) is 39.6 Å². The van der Waals surface area contributed by atoms with Gasteiger partial charge in [-0.05, 0) is 35.4 Å². The Morgan fingerprint density at radius 3 is 2.77 bits per heavy atom. The van der Waals surface area contributed by atoms with Gasteiger partial charge in [0.1, 0.15) is 5.75 Å². The van der Waals surface area contributed by atoms with Gasteiger partial charge in [-0.1, -0.05) is 36.0 Å². The fourth-order valence-corrected chi connectivity index (χ4v) is 3.15. The van der Waals surface area contributed by atoms with Crippen molar-refractivity contribution in [2.24, 2.45) is 4.99 Å². The third-order valence-corrected chi connectivity index (χ3v) is 4.67. The van der Waals surface area contributed by atoms with E-state index in [1.165, 1.54) is 0 Å². The molecule has 0 fully saturated rings. The van der Waals surface area contributed by atoms with Crippen LogP contribution in [0.15, 0.2) is 41.4 Å². The molecule has 22 heavy (non-hydrogen) atoms. The molecular formula is C17H18N2O2S. The molecule has 0 radical (unpaired) electrons. The second-order valence-electron chi connectivity index (χ2n) is 5.22. The van der Waals surface area contributed by atoms with Crippen molar-refractivity contribution in [1.82, 2.24) is 5.32 Å². The molecule has 0 aromatic heterocycles. The van der Waals surface area contributed by atoms with Crippen LogP contribution in [0.5, 0.6) is 5.75 Å². The smallest absolute Gasteiger partial charge is 0.233 e. The van der Waals surface area contributed by atoms with Crippen molar-refractivity contribution < 1.29 is 9.53 Å². The van der Waals surface area contributed by atoms with Crippen molar-refractivity contribution in [3.63, 3.8) is 0 Å². The summed E-state index contributed by atoms with van der Waals surface area (Å²) in [6, 6.07) is 12.0. The first-order valence-electron chi connectivity index (χ1n) is 7.23. The van der Waals surface area contributed by atoms with Gasteiger partial charge in [-0.25, -0.2) is 0 Å². The number of methoxy groups -OCH3 is 1. The largest absolute Gasteiger partial charge is 0.497 e. The van der Waals surface area contributed by atoms with Gasteiger partial charge in [0, 0.05) is 5.75 Å². The number of ether oxygens (including phenoxy) is 1. The van der Waals surface area contributed by atoms with Crippen LogP contribution in [0.3, 0.4) is 0 Å². The maximum Gasteiger partial charge on any atom is 0.233 e. The summed E-state index contributed by atoms with van der Waals surface area (Å²) in [5, 5.41) is 5.84. The van der Waals surface area contributed by atoms with Crippen LogP contribution >= 0.6 is 11.8 Å². The molecule has 0 spiro atoms. The summed E-state index contributed by atoms with van der Waals surface area (Å²) in [6.07, 6.45) is 0. The average molecular weight is 314 g/mol. The summed E-state index contributed by atoms with van der Waals surface area (Å²) in [4.78, 5) is 16.6. The molecule has 1 heterocycles. The zero-order chi connectivity index (χ0) is 15.5. The minimum atomic E-state index is -0.213. The molecule has 2 aromatic rings. The molecule has 5 heteroatoms. The molecule has 1 aliphatic rings. The summed E-state index contributed by atoms with van der Waals surface area (Å²) in [5.74, 6) is 1.56. The highest BCUT2D eigenvalue weighted by molar-refractivity contribution is 8.14. The highest BCUT2D eigenvalue weighted by Crippen LogP contribution is 2.25. The molecule has 3 rings (SSSR count). The number of amides is 1. The Kier molecular flexibility index (Phi) is 4.34. The number of benzene rings is 2. The number of nitrogens with one attached hydrogen (secondary N) is 1. The van der Waals surface area contributed by atoms with Gasteiger partial charge in [0.15, 0.2) is 5.17 Å². The molecule has 2 aromatic carbocycles. The van der Waals surface area contributed by atoms with Crippen molar-refractivity contribution in [1.29, 1.82) is 0 Å². The molecule has 1 amide bonds. The van der Waals surface area contributed by atoms with Crippen molar-refractivity contribution in [3.05, 3.63) is 42.0 Å². The van der Waals surface area contributed by atoms with E-state index in [2.05, 4.69) is 16.4 Å². The van der Waals surface area contributed by atoms with Gasteiger partial charge in [0.2, 0.25) is 5.91 Å². The predicted octanol–water partition coefficient (Wildman–Crippen LogP) is 3.17. The number of thioether (sulfide) groups is 1. The lowest BCUT2D eigenvalue weighted by atomic mass is 9.97. The Bertz CT molecular complexity index is 743. The minimum Gasteiger partial charge on any atom is -0.497 e. The van der Waals surface area contributed by atoms with Crippen LogP contribution < -0.4 is 10.1 Å². The number of amidine groups is 1. The monoisotopic (exact) mass is 314 g/mol. The summed E-state index contributed by atoms with van der Waals surface area (Å²) in [7, 11) is 1.66. The molecule has 0 aliphatic carbocycles. The SMILES string of the molecule is COc1ccc2cc([C@H](C)C(=O)NC3=NCCS3)ccc2c1. The van der Waals surface area contributed by atoms with Crippen molar-refractivity contribution in [2.45, 2.75) is 12.8 Å². The minimum absolute atomic E-state index is 0.0130. The Labute approximate surface area is 134 Å². The van der Waals surface area contributed by atoms with Crippen molar-refractivity contribution in [3.8, 4) is 5.75 Å². The third-order valence-electron chi connectivity index (χ3n) is 3.78. The molecular weight excluding hydrogens is 296 g/mol. The van der Waals surface area contributed by atoms with E-state index >= 15 is 0 Å². The average Bonchev–Trinajstić information content (AvgIpc) is 3.06. The highest BCUT2D eigenvalue weighted by Gasteiger charge is 2.18. The number of carbonyl (C=O) groups is 1. The molecule has 1 N–H and O–H groups in total. The lowest BCUT2D eigenvalue weighted by Crippen LogP contribution is -2.31. The molecule has 1 aliphatic heterocycles. The summed E-state index contributed by atoms with van der Waals surface area (Å²) >= 11 is 1.59. The molecule has 0 saturated carbocycles. The molecule has 4 nitrogen and oxygen atoms in total. The van der Waals surface area contributed by atoms with Gasteiger partial charge in [0.25, 0.3) is 0 Å². The summed E-state index contributed by atoms with van der Waals surface area (Å²) in [5.41, 5.74) is 0.999. The standard InChI is InChI=1S/C17H18N2O2S/c1-11(16(20)19-17-18-7-8-22-17)12-3-4-14-10-15(21-2)6-5-13(14)9-12/h3-6,9-11H,7-8H2,1-2H3,(H,18,19,20)/t11-/m0/s1. The van der Waals surface area contributed by atoms with E-state index in [1.54, 1.807) is 18.9 Å². The van der Waals surface area contributed by atoms with E-state index in [-0.39, 0.29) is 11.8 Å². The Morgan fingerprint density at radius 1 is 1.27 bits per heavy atom. The Hall–Kier alpha value is -2.01. The fourth-order valence-electron chi connectivity index (χ4n) is 2.41. The number of nitrogens with zero attached hydrogens (tertiary/aromatic N) is 1. The number of rotatable bonds is 3. The number of hydrogen-bond donors (Lipinski definition) is 1. The van der Waals surface area contributed by atoms with Crippen molar-refractivity contribution >= 4 is 33.6 Å². The lowest BCUT2D eigenvalue weighted by Gasteiger charge is -2.13. The first-order chi connectivity index (χ1) is 10.7. The van der Waals surface area contributed by atoms with Gasteiger partial charge in [-0.2, -0.15) is 0 Å². The van der Waals surface area contributed by atoms with Crippen LogP contribution in [0.25, 0.3) is 10.8 Å². The second-order valence-corrected chi connectivity index (χ2v) is 6.30. The lowest BCUT2D eigenvalue weighted by molar-refractivity contribution is -0.120. The van der Waals surface area contributed by atoms with E-state index in [1.807, 2.05) is 37.3 Å². The first-order valence-corrected chi connectivity index (χ1v) is 8.22. The topological polar surface area (TPSA) is 50.7 Å².